The molecule has 0 saturated carbocycles. The van der Waals surface area contributed by atoms with E-state index in [-0.39, 0.29) is 11.2 Å². The van der Waals surface area contributed by atoms with Crippen LogP contribution < -0.4 is 0 Å². The second kappa shape index (κ2) is 3.33. The first-order valence-electron chi connectivity index (χ1n) is 5.07. The first-order valence-corrected chi connectivity index (χ1v) is 8.48. The minimum atomic E-state index is -1.60. The first-order chi connectivity index (χ1) is 6.04. The van der Waals surface area contributed by atoms with E-state index >= 15 is 0 Å². The van der Waals surface area contributed by atoms with E-state index in [9.17, 15) is 0 Å². The third-order valence-corrected chi connectivity index (χ3v) is 3.58. The summed E-state index contributed by atoms with van der Waals surface area (Å²) < 4.78 is 17.2. The summed E-state index contributed by atoms with van der Waals surface area (Å²) in [6, 6.07) is 0. The molecule has 0 atom stereocenters. The molecule has 0 aromatic rings. The summed E-state index contributed by atoms with van der Waals surface area (Å²) in [6.07, 6.45) is 0. The molecule has 0 aromatic carbocycles. The van der Waals surface area contributed by atoms with Crippen LogP contribution in [-0.4, -0.2) is 26.8 Å². The predicted octanol–water partition coefficient (Wildman–Crippen LogP) is 2.43. The molecular weight excluding hydrogens is 195 g/mol. The van der Waals surface area contributed by atoms with Crippen LogP contribution in [0.3, 0.4) is 0 Å². The topological polar surface area (TPSA) is 27.7 Å². The summed E-state index contributed by atoms with van der Waals surface area (Å²) in [6.45, 7) is 14.5. The molecule has 82 valence electrons. The third-order valence-electron chi connectivity index (χ3n) is 2.68. The van der Waals surface area contributed by atoms with E-state index in [1.165, 1.54) is 0 Å². The zero-order valence-corrected chi connectivity index (χ0v) is 11.3. The summed E-state index contributed by atoms with van der Waals surface area (Å²) in [7, 11) is -2.09. The van der Waals surface area contributed by atoms with Gasteiger partial charge in [-0.2, -0.15) is 0 Å². The minimum absolute atomic E-state index is 0.294. The highest BCUT2D eigenvalue weighted by Crippen LogP contribution is 2.37. The molecule has 1 rings (SSSR count). The Morgan fingerprint density at radius 2 is 1.29 bits per heavy atom. The van der Waals surface area contributed by atoms with Crippen LogP contribution in [0.15, 0.2) is 0 Å². The fourth-order valence-corrected chi connectivity index (χ4v) is 1.80. The van der Waals surface area contributed by atoms with Crippen LogP contribution in [0.25, 0.3) is 0 Å². The van der Waals surface area contributed by atoms with Crippen molar-refractivity contribution in [1.82, 2.24) is 0 Å². The van der Waals surface area contributed by atoms with Gasteiger partial charge in [0.2, 0.25) is 0 Å². The number of hydrogen-bond donors (Lipinski definition) is 0. The lowest BCUT2D eigenvalue weighted by Crippen LogP contribution is -2.41. The van der Waals surface area contributed by atoms with Crippen LogP contribution in [0.5, 0.6) is 0 Å². The van der Waals surface area contributed by atoms with Gasteiger partial charge in [-0.25, -0.2) is 0 Å². The van der Waals surface area contributed by atoms with E-state index in [1.807, 2.05) is 27.7 Å². The van der Waals surface area contributed by atoms with Gasteiger partial charge in [-0.3, -0.25) is 0 Å². The summed E-state index contributed by atoms with van der Waals surface area (Å²) >= 11 is 0. The average Bonchev–Trinajstić information content (AvgIpc) is 1.94. The monoisotopic (exact) mass is 216 g/mol. The quantitative estimate of drug-likeness (QED) is 0.663. The van der Waals surface area contributed by atoms with Crippen molar-refractivity contribution in [2.75, 3.05) is 0 Å². The first kappa shape index (κ1) is 12.2. The van der Waals surface area contributed by atoms with Gasteiger partial charge in [0.05, 0.1) is 11.2 Å². The lowest BCUT2D eigenvalue weighted by molar-refractivity contribution is 0.00578. The summed E-state index contributed by atoms with van der Waals surface area (Å²) in [5.74, 6) is 0. The van der Waals surface area contributed by atoms with Gasteiger partial charge < -0.3 is 13.7 Å². The van der Waals surface area contributed by atoms with Gasteiger partial charge in [-0.1, -0.05) is 0 Å². The zero-order valence-electron chi connectivity index (χ0n) is 10.3. The van der Waals surface area contributed by atoms with Gasteiger partial charge in [0, 0.05) is 0 Å². The van der Waals surface area contributed by atoms with Crippen LogP contribution >= 0.6 is 0 Å². The van der Waals surface area contributed by atoms with Crippen LogP contribution in [0.4, 0.5) is 0 Å². The van der Waals surface area contributed by atoms with Crippen LogP contribution in [0.2, 0.25) is 19.6 Å². The second-order valence-electron chi connectivity index (χ2n) is 5.78. The Kier molecular flexibility index (Phi) is 2.91. The number of rotatable bonds is 2. The standard InChI is InChI=1S/C9H21BO3Si/c1-8(2)9(3,4)12-10(11-8)13-14(5,6)7/h1-7H3. The van der Waals surface area contributed by atoms with Crippen molar-refractivity contribution in [2.24, 2.45) is 0 Å². The Hall–Kier alpha value is 0.162. The van der Waals surface area contributed by atoms with E-state index in [2.05, 4.69) is 19.6 Å². The highest BCUT2D eigenvalue weighted by atomic mass is 28.4. The third kappa shape index (κ3) is 2.60. The van der Waals surface area contributed by atoms with Crippen molar-refractivity contribution in [3.05, 3.63) is 0 Å². The van der Waals surface area contributed by atoms with E-state index < -0.39 is 15.6 Å². The SMILES string of the molecule is CC1(C)OB(O[Si](C)(C)C)OC1(C)C. The lowest BCUT2D eigenvalue weighted by Gasteiger charge is -2.31. The van der Waals surface area contributed by atoms with Gasteiger partial charge in [0.1, 0.15) is 0 Å². The van der Waals surface area contributed by atoms with Crippen molar-refractivity contribution >= 4 is 15.6 Å². The fourth-order valence-electron chi connectivity index (χ4n) is 1.13. The molecule has 1 aliphatic rings. The maximum atomic E-state index is 5.76. The normalized spacial score (nSPS) is 25.5. The maximum absolute atomic E-state index is 5.76. The van der Waals surface area contributed by atoms with E-state index in [4.69, 9.17) is 13.7 Å². The highest BCUT2D eigenvalue weighted by molar-refractivity contribution is 6.75. The molecule has 1 aliphatic heterocycles. The smallest absolute Gasteiger partial charge is 0.428 e. The Balaban J connectivity index is 2.65. The highest BCUT2D eigenvalue weighted by Gasteiger charge is 2.53. The molecular formula is C9H21BO3Si. The van der Waals surface area contributed by atoms with E-state index in [0.29, 0.717) is 0 Å². The maximum Gasteiger partial charge on any atom is 0.629 e. The summed E-state index contributed by atoms with van der Waals surface area (Å²) in [4.78, 5) is 0. The van der Waals surface area contributed by atoms with Crippen LogP contribution in [0, 0.1) is 0 Å². The van der Waals surface area contributed by atoms with Crippen molar-refractivity contribution in [1.29, 1.82) is 0 Å². The molecule has 1 saturated heterocycles. The molecule has 0 spiro atoms. The van der Waals surface area contributed by atoms with Gasteiger partial charge in [-0.05, 0) is 47.3 Å². The Labute approximate surface area is 88.4 Å². The second-order valence-corrected chi connectivity index (χ2v) is 10.2. The summed E-state index contributed by atoms with van der Waals surface area (Å²) in [5, 5.41) is 0. The van der Waals surface area contributed by atoms with Crippen molar-refractivity contribution in [3.8, 4) is 0 Å². The van der Waals surface area contributed by atoms with E-state index in [1.54, 1.807) is 0 Å². The zero-order chi connectivity index (χ0) is 11.2. The molecule has 0 radical (unpaired) electrons. The molecule has 14 heavy (non-hydrogen) atoms. The van der Waals surface area contributed by atoms with Gasteiger partial charge in [-0.15, -0.1) is 0 Å². The Bertz CT molecular complexity index is 207. The van der Waals surface area contributed by atoms with Gasteiger partial charge in [0.25, 0.3) is 0 Å². The lowest BCUT2D eigenvalue weighted by atomic mass is 9.90. The molecule has 3 nitrogen and oxygen atoms in total. The Morgan fingerprint density at radius 1 is 0.929 bits per heavy atom. The molecule has 0 bridgehead atoms. The molecule has 0 aromatic heterocycles. The molecule has 0 unspecified atom stereocenters. The fraction of sp³-hybridized carbons (Fsp3) is 1.00. The van der Waals surface area contributed by atoms with Gasteiger partial charge in [0.15, 0.2) is 8.32 Å². The van der Waals surface area contributed by atoms with Crippen molar-refractivity contribution in [2.45, 2.75) is 58.5 Å². The van der Waals surface area contributed by atoms with E-state index in [0.717, 1.165) is 0 Å². The molecule has 1 fully saturated rings. The predicted molar refractivity (Wildman–Crippen MR) is 60.5 cm³/mol. The van der Waals surface area contributed by atoms with Crippen molar-refractivity contribution < 1.29 is 13.7 Å². The van der Waals surface area contributed by atoms with Crippen molar-refractivity contribution in [3.63, 3.8) is 0 Å². The number of hydrogen-bond acceptors (Lipinski definition) is 3. The average molecular weight is 216 g/mol. The molecule has 0 N–H and O–H groups in total. The minimum Gasteiger partial charge on any atom is -0.428 e. The molecule has 1 heterocycles. The molecule has 0 amide bonds. The largest absolute Gasteiger partial charge is 0.629 e. The summed E-state index contributed by atoms with van der Waals surface area (Å²) in [5.41, 5.74) is -0.589. The van der Waals surface area contributed by atoms with Gasteiger partial charge >= 0.3 is 7.32 Å². The van der Waals surface area contributed by atoms with Crippen LogP contribution in [0.1, 0.15) is 27.7 Å². The molecule has 0 aliphatic carbocycles. The van der Waals surface area contributed by atoms with Crippen LogP contribution in [-0.2, 0) is 13.7 Å². The Morgan fingerprint density at radius 3 is 1.57 bits per heavy atom. The molecule has 5 heteroatoms.